The van der Waals surface area contributed by atoms with Crippen LogP contribution in [0.2, 0.25) is 0 Å². The Balaban J connectivity index is 0.00000169. The average Bonchev–Trinajstić information content (AvgIpc) is 2.04. The molecule has 79 valence electrons. The zero-order chi connectivity index (χ0) is 9.84. The Morgan fingerprint density at radius 2 is 1.93 bits per heavy atom. The van der Waals surface area contributed by atoms with E-state index in [1.165, 1.54) is 0 Å². The smallest absolute Gasteiger partial charge is 0.0827 e. The summed E-state index contributed by atoms with van der Waals surface area (Å²) in [7, 11) is 0. The van der Waals surface area contributed by atoms with Crippen LogP contribution < -0.4 is 0 Å². The molecule has 0 saturated carbocycles. The predicted octanol–water partition coefficient (Wildman–Crippen LogP) is 1.23. The summed E-state index contributed by atoms with van der Waals surface area (Å²) in [4.78, 5) is 13.1. The van der Waals surface area contributed by atoms with Crippen molar-refractivity contribution < 1.29 is 42.2 Å². The number of nitrogens with zero attached hydrogens (tertiary/aromatic N) is 1. The maximum Gasteiger partial charge on any atom is 0.0827 e. The van der Waals surface area contributed by atoms with Gasteiger partial charge in [0, 0.05) is 58.0 Å². The molecule has 0 aromatic rings. The number of ether oxygens (including phenoxy) is 1. The minimum Gasteiger partial charge on any atom is -0.381 e. The largest absolute Gasteiger partial charge is 0.381 e. The first-order valence-corrected chi connectivity index (χ1v) is 4.85. The quantitative estimate of drug-likeness (QED) is 0.708. The summed E-state index contributed by atoms with van der Waals surface area (Å²) in [6.07, 6.45) is 1.89. The molecule has 1 aliphatic heterocycles. The van der Waals surface area contributed by atoms with Gasteiger partial charge in [-0.25, -0.2) is 0 Å². The van der Waals surface area contributed by atoms with Crippen LogP contribution in [0, 0.1) is 6.92 Å². The van der Waals surface area contributed by atoms with Crippen molar-refractivity contribution in [1.29, 1.82) is 0 Å². The van der Waals surface area contributed by atoms with Crippen LogP contribution in [-0.2, 0) is 42.2 Å². The fourth-order valence-corrected chi connectivity index (χ4v) is 1.88. The Kier molecular flexibility index (Phi) is 7.00. The average molecular weight is 273 g/mol. The van der Waals surface area contributed by atoms with Crippen LogP contribution in [0.1, 0.15) is 26.7 Å². The van der Waals surface area contributed by atoms with Crippen molar-refractivity contribution in [1.82, 2.24) is 4.90 Å². The van der Waals surface area contributed by atoms with Gasteiger partial charge < -0.3 is 21.4 Å². The number of rotatable bonds is 2. The van der Waals surface area contributed by atoms with E-state index in [0.29, 0.717) is 6.04 Å². The van der Waals surface area contributed by atoms with E-state index in [0.717, 1.165) is 26.1 Å². The monoisotopic (exact) mass is 273 g/mol. The van der Waals surface area contributed by atoms with Crippen LogP contribution in [0.5, 0.6) is 0 Å². The first-order chi connectivity index (χ1) is 6.13. The SMILES string of the molecule is [CH2-]C(=O)N(C(C)C)C1CCOCC1.[Y]. The van der Waals surface area contributed by atoms with Gasteiger partial charge in [-0.05, 0) is 26.7 Å². The van der Waals surface area contributed by atoms with E-state index < -0.39 is 0 Å². The molecule has 0 aromatic heterocycles. The Bertz CT molecular complexity index is 179. The number of carbonyl (C=O) groups excluding carboxylic acids is 1. The van der Waals surface area contributed by atoms with Crippen molar-refractivity contribution in [3.63, 3.8) is 0 Å². The first-order valence-electron chi connectivity index (χ1n) is 4.85. The van der Waals surface area contributed by atoms with Crippen LogP contribution in [0.3, 0.4) is 0 Å². The maximum absolute atomic E-state index is 11.3. The molecule has 0 spiro atoms. The van der Waals surface area contributed by atoms with Crippen LogP contribution >= 0.6 is 0 Å². The zero-order valence-electron chi connectivity index (χ0n) is 9.03. The summed E-state index contributed by atoms with van der Waals surface area (Å²) in [5.74, 6) is -0.0677. The van der Waals surface area contributed by atoms with Gasteiger partial charge in [-0.1, -0.05) is 0 Å². The summed E-state index contributed by atoms with van der Waals surface area (Å²) < 4.78 is 5.25. The first kappa shape index (κ1) is 14.4. The van der Waals surface area contributed by atoms with Crippen molar-refractivity contribution in [2.45, 2.75) is 38.8 Å². The van der Waals surface area contributed by atoms with Gasteiger partial charge >= 0.3 is 0 Å². The molecule has 1 radical (unpaired) electrons. The van der Waals surface area contributed by atoms with Gasteiger partial charge in [-0.3, -0.25) is 0 Å². The van der Waals surface area contributed by atoms with E-state index in [-0.39, 0.29) is 44.7 Å². The summed E-state index contributed by atoms with van der Waals surface area (Å²) in [5.41, 5.74) is 0. The molecule has 14 heavy (non-hydrogen) atoms. The molecule has 0 aromatic carbocycles. The molecule has 0 aliphatic carbocycles. The molecule has 0 unspecified atom stereocenters. The number of carbonyl (C=O) groups is 1. The second kappa shape index (κ2) is 6.81. The molecule has 0 atom stereocenters. The van der Waals surface area contributed by atoms with E-state index >= 15 is 0 Å². The summed E-state index contributed by atoms with van der Waals surface area (Å²) in [6.45, 7) is 9.06. The topological polar surface area (TPSA) is 29.5 Å². The van der Waals surface area contributed by atoms with Gasteiger partial charge in [0.2, 0.25) is 0 Å². The molecule has 1 amide bonds. The molecule has 0 N–H and O–H groups in total. The molecule has 3 nitrogen and oxygen atoms in total. The van der Waals surface area contributed by atoms with Crippen molar-refractivity contribution in [2.75, 3.05) is 13.2 Å². The second-order valence-electron chi connectivity index (χ2n) is 3.74. The van der Waals surface area contributed by atoms with E-state index in [1.807, 2.05) is 18.7 Å². The van der Waals surface area contributed by atoms with Crippen LogP contribution in [0.25, 0.3) is 0 Å². The molecule has 1 fully saturated rings. The van der Waals surface area contributed by atoms with E-state index in [2.05, 4.69) is 6.92 Å². The maximum atomic E-state index is 11.3. The van der Waals surface area contributed by atoms with E-state index in [4.69, 9.17) is 4.74 Å². The van der Waals surface area contributed by atoms with Gasteiger partial charge in [-0.2, -0.15) is 0 Å². The predicted molar refractivity (Wildman–Crippen MR) is 51.2 cm³/mol. The molecular formula is C10H18NO2Y-. The fourth-order valence-electron chi connectivity index (χ4n) is 1.88. The number of amides is 1. The van der Waals surface area contributed by atoms with Gasteiger partial charge in [0.25, 0.3) is 0 Å². The Morgan fingerprint density at radius 1 is 1.43 bits per heavy atom. The molecule has 1 aliphatic rings. The third kappa shape index (κ3) is 3.87. The summed E-state index contributed by atoms with van der Waals surface area (Å²) in [6, 6.07) is 0.576. The minimum atomic E-state index is -0.0677. The molecule has 0 bridgehead atoms. The molecule has 4 heteroatoms. The fraction of sp³-hybridized carbons (Fsp3) is 0.800. The van der Waals surface area contributed by atoms with E-state index in [9.17, 15) is 4.79 Å². The third-order valence-corrected chi connectivity index (χ3v) is 2.43. The second-order valence-corrected chi connectivity index (χ2v) is 3.74. The van der Waals surface area contributed by atoms with Gasteiger partial charge in [0.05, 0.1) is 5.91 Å². The van der Waals surface area contributed by atoms with Crippen LogP contribution in [0.15, 0.2) is 0 Å². The Morgan fingerprint density at radius 3 is 2.29 bits per heavy atom. The number of hydrogen-bond acceptors (Lipinski definition) is 2. The molecule has 1 heterocycles. The normalized spacial score (nSPS) is 17.6. The van der Waals surface area contributed by atoms with Gasteiger partial charge in [0.1, 0.15) is 0 Å². The van der Waals surface area contributed by atoms with Crippen molar-refractivity contribution in [3.05, 3.63) is 6.92 Å². The van der Waals surface area contributed by atoms with Gasteiger partial charge in [-0.15, -0.1) is 0 Å². The third-order valence-electron chi connectivity index (χ3n) is 2.43. The molecule has 1 saturated heterocycles. The Labute approximate surface area is 111 Å². The molecular weight excluding hydrogens is 255 g/mol. The Hall–Kier alpha value is 0.404. The minimum absolute atomic E-state index is 0. The van der Waals surface area contributed by atoms with E-state index in [1.54, 1.807) is 0 Å². The standard InChI is InChI=1S/C10H18NO2.Y/c1-8(2)11(9(3)12)10-4-6-13-7-5-10;/h8,10H,3-7H2,1-2H3;/q-1;. The zero-order valence-corrected chi connectivity index (χ0v) is 11.9. The summed E-state index contributed by atoms with van der Waals surface area (Å²) >= 11 is 0. The van der Waals surface area contributed by atoms with Gasteiger partial charge in [0.15, 0.2) is 0 Å². The van der Waals surface area contributed by atoms with Crippen LogP contribution in [-0.4, -0.2) is 36.1 Å². The van der Waals surface area contributed by atoms with Crippen molar-refractivity contribution in [3.8, 4) is 0 Å². The van der Waals surface area contributed by atoms with Crippen molar-refractivity contribution in [2.24, 2.45) is 0 Å². The van der Waals surface area contributed by atoms with Crippen molar-refractivity contribution >= 4 is 5.91 Å². The number of hydrogen-bond donors (Lipinski definition) is 0. The molecule has 1 rings (SSSR count). The van der Waals surface area contributed by atoms with Crippen LogP contribution in [0.4, 0.5) is 0 Å². The summed E-state index contributed by atoms with van der Waals surface area (Å²) in [5, 5.41) is 0.